The van der Waals surface area contributed by atoms with Gasteiger partial charge in [0, 0.05) is 0 Å². The molecule has 146 valence electrons. The van der Waals surface area contributed by atoms with E-state index in [4.69, 9.17) is 9.47 Å². The van der Waals surface area contributed by atoms with Gasteiger partial charge in [-0.1, -0.05) is 30.3 Å². The largest absolute Gasteiger partial charge is 0.460 e. The smallest absolute Gasteiger partial charge is 0.375 e. The molecule has 1 aromatic rings. The predicted molar refractivity (Wildman–Crippen MR) is 96.9 cm³/mol. The Bertz CT molecular complexity index is 671. The number of Topliss-reactive ketones (excluding diaryl/α,β-unsaturated/α-hetero) is 2. The van der Waals surface area contributed by atoms with E-state index in [0.29, 0.717) is 26.1 Å². The first kappa shape index (κ1) is 19.7. The second kappa shape index (κ2) is 8.31. The number of benzene rings is 1. The highest BCUT2D eigenvalue weighted by Gasteiger charge is 2.53. The van der Waals surface area contributed by atoms with Crippen molar-refractivity contribution in [3.63, 3.8) is 0 Å². The Kier molecular flexibility index (Phi) is 6.07. The molecule has 0 amide bonds. The van der Waals surface area contributed by atoms with Crippen molar-refractivity contribution in [2.75, 3.05) is 19.8 Å². The Balaban J connectivity index is 1.50. The molecular formula is C21H26O6. The summed E-state index contributed by atoms with van der Waals surface area (Å²) < 4.78 is 16.6. The molecule has 0 radical (unpaired) electrons. The van der Waals surface area contributed by atoms with Gasteiger partial charge in [0.05, 0.1) is 43.9 Å². The van der Waals surface area contributed by atoms with Crippen LogP contribution in [0.5, 0.6) is 0 Å². The Labute approximate surface area is 159 Å². The van der Waals surface area contributed by atoms with E-state index in [1.54, 1.807) is 6.92 Å². The normalized spacial score (nSPS) is 26.6. The molecule has 2 heterocycles. The molecule has 0 unspecified atom stereocenters. The molecule has 27 heavy (non-hydrogen) atoms. The zero-order chi connectivity index (χ0) is 19.3. The van der Waals surface area contributed by atoms with Gasteiger partial charge in [0.15, 0.2) is 0 Å². The van der Waals surface area contributed by atoms with Crippen LogP contribution in [0.3, 0.4) is 0 Å². The molecular weight excluding hydrogens is 348 g/mol. The number of ether oxygens (including phenoxy) is 3. The highest BCUT2D eigenvalue weighted by Crippen LogP contribution is 2.50. The summed E-state index contributed by atoms with van der Waals surface area (Å²) in [6, 6.07) is 9.96. The van der Waals surface area contributed by atoms with E-state index in [-0.39, 0.29) is 24.6 Å². The highest BCUT2D eigenvalue weighted by molar-refractivity contribution is 6.37. The molecule has 0 aromatic heterocycles. The second-order valence-electron chi connectivity index (χ2n) is 7.47. The van der Waals surface area contributed by atoms with E-state index in [1.807, 2.05) is 30.3 Å². The molecule has 2 saturated heterocycles. The van der Waals surface area contributed by atoms with Gasteiger partial charge in [-0.3, -0.25) is 9.59 Å². The quantitative estimate of drug-likeness (QED) is 0.376. The van der Waals surface area contributed by atoms with Crippen molar-refractivity contribution in [2.45, 2.75) is 51.2 Å². The Morgan fingerprint density at radius 3 is 2.37 bits per heavy atom. The lowest BCUT2D eigenvalue weighted by Gasteiger charge is -2.52. The molecule has 4 rings (SSSR count). The molecule has 2 aliphatic heterocycles. The molecule has 1 aromatic carbocycles. The van der Waals surface area contributed by atoms with E-state index >= 15 is 0 Å². The van der Waals surface area contributed by atoms with Crippen molar-refractivity contribution >= 4 is 17.5 Å². The number of hydrogen-bond acceptors (Lipinski definition) is 6. The monoisotopic (exact) mass is 374 g/mol. The third kappa shape index (κ3) is 4.45. The molecule has 0 spiro atoms. The number of hydrogen-bond donors (Lipinski definition) is 0. The Morgan fingerprint density at radius 1 is 1.07 bits per heavy atom. The fourth-order valence-electron chi connectivity index (χ4n) is 3.86. The Morgan fingerprint density at radius 2 is 1.78 bits per heavy atom. The number of rotatable bonds is 9. The summed E-state index contributed by atoms with van der Waals surface area (Å²) in [5.74, 6) is -1.91. The number of esters is 1. The van der Waals surface area contributed by atoms with Crippen LogP contribution in [0.4, 0.5) is 0 Å². The van der Waals surface area contributed by atoms with Crippen molar-refractivity contribution in [1.29, 1.82) is 0 Å². The van der Waals surface area contributed by atoms with Gasteiger partial charge in [-0.2, -0.15) is 0 Å². The second-order valence-corrected chi connectivity index (χ2v) is 7.47. The first-order valence-electron chi connectivity index (χ1n) is 9.48. The van der Waals surface area contributed by atoms with E-state index in [0.717, 1.165) is 18.4 Å². The van der Waals surface area contributed by atoms with Gasteiger partial charge in [0.1, 0.15) is 5.78 Å². The number of carbonyl (C=O) groups excluding carboxylic acids is 3. The standard InChI is InChI=1S/C21H26O6/c1-2-26-19(24)17(22)12-18(23)20-8-10-21(11-9-20,27-14-20)15-25-13-16-6-4-3-5-7-16/h3-7H,2,8-15H2,1H3. The maximum absolute atomic E-state index is 12.7. The van der Waals surface area contributed by atoms with Crippen LogP contribution in [-0.2, 0) is 35.2 Å². The number of carbonyl (C=O) groups is 3. The van der Waals surface area contributed by atoms with Crippen LogP contribution in [0.2, 0.25) is 0 Å². The third-order valence-corrected chi connectivity index (χ3v) is 5.67. The molecule has 0 N–H and O–H groups in total. The van der Waals surface area contributed by atoms with Gasteiger partial charge in [0.2, 0.25) is 5.78 Å². The van der Waals surface area contributed by atoms with Crippen LogP contribution >= 0.6 is 0 Å². The lowest BCUT2D eigenvalue weighted by atomic mass is 9.63. The van der Waals surface area contributed by atoms with Gasteiger partial charge in [-0.15, -0.1) is 0 Å². The lowest BCUT2D eigenvalue weighted by Crippen LogP contribution is -2.56. The van der Waals surface area contributed by atoms with Gasteiger partial charge < -0.3 is 14.2 Å². The van der Waals surface area contributed by atoms with Gasteiger partial charge in [-0.25, -0.2) is 4.79 Å². The summed E-state index contributed by atoms with van der Waals surface area (Å²) in [6.07, 6.45) is 2.37. The number of ketones is 2. The van der Waals surface area contributed by atoms with Crippen molar-refractivity contribution in [1.82, 2.24) is 0 Å². The minimum absolute atomic E-state index is 0.124. The third-order valence-electron chi connectivity index (χ3n) is 5.67. The zero-order valence-corrected chi connectivity index (χ0v) is 15.7. The molecule has 2 bridgehead atoms. The summed E-state index contributed by atoms with van der Waals surface area (Å²) in [7, 11) is 0. The summed E-state index contributed by atoms with van der Waals surface area (Å²) in [5.41, 5.74) is 0.119. The van der Waals surface area contributed by atoms with Crippen molar-refractivity contribution in [3.05, 3.63) is 35.9 Å². The summed E-state index contributed by atoms with van der Waals surface area (Å²) in [5, 5.41) is 0. The fraction of sp³-hybridized carbons (Fsp3) is 0.571. The van der Waals surface area contributed by atoms with Crippen LogP contribution in [0.1, 0.15) is 44.6 Å². The topological polar surface area (TPSA) is 78.9 Å². The highest BCUT2D eigenvalue weighted by atomic mass is 16.5. The van der Waals surface area contributed by atoms with Gasteiger partial charge in [-0.05, 0) is 38.2 Å². The van der Waals surface area contributed by atoms with E-state index in [9.17, 15) is 14.4 Å². The zero-order valence-electron chi connectivity index (χ0n) is 15.7. The Hall–Kier alpha value is -2.05. The van der Waals surface area contributed by atoms with Gasteiger partial charge in [0.25, 0.3) is 0 Å². The lowest BCUT2D eigenvalue weighted by molar-refractivity contribution is -0.207. The van der Waals surface area contributed by atoms with Crippen molar-refractivity contribution in [2.24, 2.45) is 5.41 Å². The van der Waals surface area contributed by atoms with Gasteiger partial charge >= 0.3 is 5.97 Å². The first-order valence-corrected chi connectivity index (χ1v) is 9.48. The minimum atomic E-state index is -0.932. The van der Waals surface area contributed by atoms with Crippen LogP contribution in [0, 0.1) is 5.41 Å². The maximum Gasteiger partial charge on any atom is 0.375 e. The first-order chi connectivity index (χ1) is 13.0. The fourth-order valence-corrected chi connectivity index (χ4v) is 3.86. The van der Waals surface area contributed by atoms with E-state index < -0.39 is 23.6 Å². The molecule has 6 heteroatoms. The van der Waals surface area contributed by atoms with Crippen LogP contribution in [0.25, 0.3) is 0 Å². The molecule has 1 saturated carbocycles. The predicted octanol–water partition coefficient (Wildman–Crippen LogP) is 2.62. The minimum Gasteiger partial charge on any atom is -0.460 e. The van der Waals surface area contributed by atoms with Crippen molar-refractivity contribution in [3.8, 4) is 0 Å². The molecule has 0 atom stereocenters. The molecule has 6 nitrogen and oxygen atoms in total. The van der Waals surface area contributed by atoms with Crippen LogP contribution in [-0.4, -0.2) is 43.0 Å². The summed E-state index contributed by atoms with van der Waals surface area (Å²) >= 11 is 0. The molecule has 1 aliphatic carbocycles. The van der Waals surface area contributed by atoms with Crippen LogP contribution in [0.15, 0.2) is 30.3 Å². The van der Waals surface area contributed by atoms with Crippen molar-refractivity contribution < 1.29 is 28.6 Å². The molecule has 3 aliphatic rings. The maximum atomic E-state index is 12.7. The average molecular weight is 374 g/mol. The van der Waals surface area contributed by atoms with E-state index in [2.05, 4.69) is 4.74 Å². The average Bonchev–Trinajstić information content (AvgIpc) is 2.70. The summed E-state index contributed by atoms with van der Waals surface area (Å²) in [4.78, 5) is 36.0. The summed E-state index contributed by atoms with van der Waals surface area (Å²) in [6.45, 7) is 3.06. The van der Waals surface area contributed by atoms with E-state index in [1.165, 1.54) is 0 Å². The SMILES string of the molecule is CCOC(=O)C(=O)CC(=O)C12CCC(COCc3ccccc3)(CC1)OC2. The molecule has 3 fully saturated rings. The van der Waals surface area contributed by atoms with Crippen LogP contribution < -0.4 is 0 Å². The number of fused-ring (bicyclic) bond motifs is 3.